The maximum Gasteiger partial charge on any atom is 0.0417 e. The lowest BCUT2D eigenvalue weighted by atomic mass is 10.0. The Balaban J connectivity index is 1.98. The highest BCUT2D eigenvalue weighted by molar-refractivity contribution is 9.10. The monoisotopic (exact) mass is 351 g/mol. The van der Waals surface area contributed by atoms with Crippen LogP contribution in [0.15, 0.2) is 46.9 Å². The van der Waals surface area contributed by atoms with Gasteiger partial charge in [-0.05, 0) is 42.2 Å². The first-order valence-corrected chi connectivity index (χ1v) is 8.03. The van der Waals surface area contributed by atoms with Crippen LogP contribution < -0.4 is 5.32 Å². The molecule has 0 bridgehead atoms. The van der Waals surface area contributed by atoms with Gasteiger partial charge in [0.05, 0.1) is 0 Å². The van der Waals surface area contributed by atoms with Crippen molar-refractivity contribution in [3.05, 3.63) is 68.7 Å². The Hall–Kier alpha value is -0.830. The van der Waals surface area contributed by atoms with Crippen molar-refractivity contribution in [1.82, 2.24) is 5.32 Å². The first-order chi connectivity index (χ1) is 9.60. The first-order valence-electron chi connectivity index (χ1n) is 6.86. The molecular weight excluding hydrogens is 334 g/mol. The molecule has 0 aliphatic heterocycles. The van der Waals surface area contributed by atoms with Crippen LogP contribution in [-0.2, 0) is 13.0 Å². The number of hydrogen-bond acceptors (Lipinski definition) is 1. The van der Waals surface area contributed by atoms with Crippen molar-refractivity contribution < 1.29 is 0 Å². The first kappa shape index (κ1) is 15.6. The van der Waals surface area contributed by atoms with Crippen LogP contribution in [-0.4, -0.2) is 0 Å². The minimum absolute atomic E-state index is 0.323. The Labute approximate surface area is 134 Å². The predicted molar refractivity (Wildman–Crippen MR) is 90.2 cm³/mol. The van der Waals surface area contributed by atoms with Crippen LogP contribution in [0.5, 0.6) is 0 Å². The number of rotatable bonds is 5. The maximum absolute atomic E-state index is 5.95. The van der Waals surface area contributed by atoms with Gasteiger partial charge in [-0.15, -0.1) is 0 Å². The molecule has 0 fully saturated rings. The SMILES string of the molecule is CCc1ccc(C(C)NCc2ccc(Cl)cc2Br)cc1. The van der Waals surface area contributed by atoms with Crippen molar-refractivity contribution in [3.63, 3.8) is 0 Å². The van der Waals surface area contributed by atoms with Gasteiger partial charge in [0.1, 0.15) is 0 Å². The standard InChI is InChI=1S/C17H19BrClN/c1-3-13-4-6-14(7-5-13)12(2)20-11-15-8-9-16(19)10-17(15)18/h4-10,12,20H,3,11H2,1-2H3. The van der Waals surface area contributed by atoms with Gasteiger partial charge in [0.15, 0.2) is 0 Å². The lowest BCUT2D eigenvalue weighted by molar-refractivity contribution is 0.573. The number of hydrogen-bond donors (Lipinski definition) is 1. The van der Waals surface area contributed by atoms with Crippen molar-refractivity contribution in [2.45, 2.75) is 32.9 Å². The smallest absolute Gasteiger partial charge is 0.0417 e. The molecule has 0 saturated heterocycles. The van der Waals surface area contributed by atoms with E-state index < -0.39 is 0 Å². The molecule has 20 heavy (non-hydrogen) atoms. The number of benzene rings is 2. The molecule has 0 aliphatic carbocycles. The second-order valence-electron chi connectivity index (χ2n) is 4.93. The summed E-state index contributed by atoms with van der Waals surface area (Å²) in [6, 6.07) is 15.0. The average molecular weight is 353 g/mol. The van der Waals surface area contributed by atoms with Gasteiger partial charge in [-0.2, -0.15) is 0 Å². The summed E-state index contributed by atoms with van der Waals surface area (Å²) < 4.78 is 1.05. The fraction of sp³-hybridized carbons (Fsp3) is 0.294. The second-order valence-corrected chi connectivity index (χ2v) is 6.22. The molecular formula is C17H19BrClN. The Morgan fingerprint density at radius 2 is 1.85 bits per heavy atom. The largest absolute Gasteiger partial charge is 0.306 e. The molecule has 0 aliphatic rings. The summed E-state index contributed by atoms with van der Waals surface area (Å²) in [5, 5.41) is 4.29. The highest BCUT2D eigenvalue weighted by Crippen LogP contribution is 2.22. The Bertz CT molecular complexity index is 566. The molecule has 2 aromatic carbocycles. The van der Waals surface area contributed by atoms with E-state index in [-0.39, 0.29) is 0 Å². The average Bonchev–Trinajstić information content (AvgIpc) is 2.46. The predicted octanol–water partition coefficient (Wildman–Crippen LogP) is 5.52. The quantitative estimate of drug-likeness (QED) is 0.747. The van der Waals surface area contributed by atoms with Crippen LogP contribution in [0.4, 0.5) is 0 Å². The van der Waals surface area contributed by atoms with Crippen molar-refractivity contribution in [2.75, 3.05) is 0 Å². The van der Waals surface area contributed by atoms with Gasteiger partial charge in [0.25, 0.3) is 0 Å². The molecule has 3 heteroatoms. The Kier molecular flexibility index (Phi) is 5.64. The topological polar surface area (TPSA) is 12.0 Å². The summed E-state index contributed by atoms with van der Waals surface area (Å²) in [5.74, 6) is 0. The molecule has 1 atom stereocenters. The van der Waals surface area contributed by atoms with Crippen LogP contribution in [0.25, 0.3) is 0 Å². The van der Waals surface area contributed by atoms with E-state index >= 15 is 0 Å². The van der Waals surface area contributed by atoms with E-state index in [1.165, 1.54) is 16.7 Å². The fourth-order valence-corrected chi connectivity index (χ4v) is 2.91. The van der Waals surface area contributed by atoms with Crippen LogP contribution in [0.3, 0.4) is 0 Å². The van der Waals surface area contributed by atoms with Gasteiger partial charge in [0, 0.05) is 22.1 Å². The van der Waals surface area contributed by atoms with E-state index in [4.69, 9.17) is 11.6 Å². The van der Waals surface area contributed by atoms with Crippen LogP contribution >= 0.6 is 27.5 Å². The van der Waals surface area contributed by atoms with Gasteiger partial charge in [-0.1, -0.05) is 64.8 Å². The molecule has 0 amide bonds. The van der Waals surface area contributed by atoms with Crippen LogP contribution in [0, 0.1) is 0 Å². The lowest BCUT2D eigenvalue weighted by Crippen LogP contribution is -2.18. The minimum Gasteiger partial charge on any atom is -0.306 e. The summed E-state index contributed by atoms with van der Waals surface area (Å²) in [5.41, 5.74) is 3.90. The summed E-state index contributed by atoms with van der Waals surface area (Å²) in [6.07, 6.45) is 1.08. The van der Waals surface area contributed by atoms with Gasteiger partial charge in [-0.3, -0.25) is 0 Å². The molecule has 0 saturated carbocycles. The number of aryl methyl sites for hydroxylation is 1. The van der Waals surface area contributed by atoms with Crippen molar-refractivity contribution in [1.29, 1.82) is 0 Å². The lowest BCUT2D eigenvalue weighted by Gasteiger charge is -2.15. The van der Waals surface area contributed by atoms with Gasteiger partial charge in [0.2, 0.25) is 0 Å². The van der Waals surface area contributed by atoms with Gasteiger partial charge < -0.3 is 5.32 Å². The minimum atomic E-state index is 0.323. The second kappa shape index (κ2) is 7.26. The highest BCUT2D eigenvalue weighted by atomic mass is 79.9. The molecule has 2 aromatic rings. The van der Waals surface area contributed by atoms with E-state index in [1.807, 2.05) is 18.2 Å². The summed E-state index contributed by atoms with van der Waals surface area (Å²) in [4.78, 5) is 0. The molecule has 1 N–H and O–H groups in total. The normalized spacial score (nSPS) is 12.4. The third-order valence-corrected chi connectivity index (χ3v) is 4.48. The fourth-order valence-electron chi connectivity index (χ4n) is 2.09. The number of nitrogens with one attached hydrogen (secondary N) is 1. The zero-order valence-corrected chi connectivity index (χ0v) is 14.1. The van der Waals surface area contributed by atoms with Gasteiger partial charge in [-0.25, -0.2) is 0 Å². The number of halogens is 2. The van der Waals surface area contributed by atoms with Crippen molar-refractivity contribution >= 4 is 27.5 Å². The molecule has 0 heterocycles. The van der Waals surface area contributed by atoms with E-state index in [0.29, 0.717) is 6.04 Å². The molecule has 1 nitrogen and oxygen atoms in total. The summed E-state index contributed by atoms with van der Waals surface area (Å²) in [6.45, 7) is 5.17. The molecule has 0 radical (unpaired) electrons. The third kappa shape index (κ3) is 4.08. The zero-order valence-electron chi connectivity index (χ0n) is 11.8. The van der Waals surface area contributed by atoms with Gasteiger partial charge >= 0.3 is 0 Å². The van der Waals surface area contributed by atoms with E-state index in [2.05, 4.69) is 59.4 Å². The molecule has 0 spiro atoms. The van der Waals surface area contributed by atoms with Crippen LogP contribution in [0.2, 0.25) is 5.02 Å². The summed E-state index contributed by atoms with van der Waals surface area (Å²) >= 11 is 9.50. The third-order valence-electron chi connectivity index (χ3n) is 3.50. The van der Waals surface area contributed by atoms with E-state index in [1.54, 1.807) is 0 Å². The van der Waals surface area contributed by atoms with E-state index in [0.717, 1.165) is 22.5 Å². The van der Waals surface area contributed by atoms with E-state index in [9.17, 15) is 0 Å². The van der Waals surface area contributed by atoms with Crippen molar-refractivity contribution in [3.8, 4) is 0 Å². The summed E-state index contributed by atoms with van der Waals surface area (Å²) in [7, 11) is 0. The Morgan fingerprint density at radius 3 is 2.45 bits per heavy atom. The molecule has 2 rings (SSSR count). The highest BCUT2D eigenvalue weighted by Gasteiger charge is 2.06. The van der Waals surface area contributed by atoms with Crippen molar-refractivity contribution in [2.24, 2.45) is 0 Å². The Morgan fingerprint density at radius 1 is 1.15 bits per heavy atom. The molecule has 1 unspecified atom stereocenters. The zero-order chi connectivity index (χ0) is 14.5. The maximum atomic E-state index is 5.95. The molecule has 0 aromatic heterocycles. The van der Waals surface area contributed by atoms with Crippen LogP contribution in [0.1, 0.15) is 36.6 Å². The molecule has 106 valence electrons.